The Hall–Kier alpha value is -4.78. The van der Waals surface area contributed by atoms with Crippen molar-refractivity contribution in [3.63, 3.8) is 0 Å². The molecule has 0 radical (unpaired) electrons. The molecule has 1 amide bonds. The zero-order valence-corrected chi connectivity index (χ0v) is 25.4. The van der Waals surface area contributed by atoms with Crippen LogP contribution in [0.1, 0.15) is 24.5 Å². The number of anilines is 2. The first-order valence-corrected chi connectivity index (χ1v) is 15.1. The molecule has 1 aliphatic rings. The fourth-order valence-electron chi connectivity index (χ4n) is 5.42. The number of benzene rings is 2. The van der Waals surface area contributed by atoms with Crippen molar-refractivity contribution in [3.05, 3.63) is 81.5 Å². The van der Waals surface area contributed by atoms with Gasteiger partial charge in [0.15, 0.2) is 17.5 Å². The first kappa shape index (κ1) is 34.6. The Kier molecular flexibility index (Phi) is 9.63. The van der Waals surface area contributed by atoms with Gasteiger partial charge in [-0.3, -0.25) is 17.9 Å². The molecule has 0 aliphatic carbocycles. The van der Waals surface area contributed by atoms with Crippen molar-refractivity contribution in [2.45, 2.75) is 44.8 Å². The summed E-state index contributed by atoms with van der Waals surface area (Å²) in [5.41, 5.74) is -5.26. The Bertz CT molecular complexity index is 1980. The molecular weight excluding hydrogens is 677 g/mol. The van der Waals surface area contributed by atoms with Gasteiger partial charge in [0.25, 0.3) is 5.56 Å². The highest BCUT2D eigenvalue weighted by molar-refractivity contribution is 7.80. The van der Waals surface area contributed by atoms with Crippen molar-refractivity contribution in [1.82, 2.24) is 19.4 Å². The molecule has 1 fully saturated rings. The molecule has 2 N–H and O–H groups in total. The summed E-state index contributed by atoms with van der Waals surface area (Å²) in [5.74, 6) is -5.55. The van der Waals surface area contributed by atoms with Crippen LogP contribution in [0.25, 0.3) is 22.2 Å². The minimum Gasteiger partial charge on any atom is -0.755 e. The number of hydrogen-bond acceptors (Lipinski definition) is 7. The molecule has 2 aromatic carbocycles. The number of rotatable bonds is 8. The van der Waals surface area contributed by atoms with Gasteiger partial charge in [-0.1, -0.05) is 12.1 Å². The SMILES string of the molecule is CCn1c(=O)c(-c2cc(F)c(N(Cc3cccc(C(F)(F)F)c3)S(=O)[O-])c(F)c2F)cc2cnc(N[C@H]3C[C@H](F)CN(C(=O)O)C3)nc21. The van der Waals surface area contributed by atoms with Gasteiger partial charge in [-0.2, -0.15) is 18.2 Å². The van der Waals surface area contributed by atoms with E-state index in [2.05, 4.69) is 15.3 Å². The maximum absolute atomic E-state index is 15.6. The quantitative estimate of drug-likeness (QED) is 0.145. The van der Waals surface area contributed by atoms with Crippen molar-refractivity contribution in [2.75, 3.05) is 22.7 Å². The molecule has 4 aromatic rings. The van der Waals surface area contributed by atoms with Crippen LogP contribution in [0.2, 0.25) is 0 Å². The van der Waals surface area contributed by atoms with Crippen LogP contribution >= 0.6 is 0 Å². The molecule has 2 aromatic heterocycles. The van der Waals surface area contributed by atoms with Gasteiger partial charge in [0.2, 0.25) is 5.95 Å². The molecule has 256 valence electrons. The lowest BCUT2D eigenvalue weighted by Crippen LogP contribution is -2.49. The summed E-state index contributed by atoms with van der Waals surface area (Å²) in [4.78, 5) is 34.1. The number of carboxylic acid groups (broad SMARTS) is 1. The third-order valence-electron chi connectivity index (χ3n) is 7.58. The second-order valence-electron chi connectivity index (χ2n) is 10.8. The second-order valence-corrected chi connectivity index (χ2v) is 11.7. The minimum absolute atomic E-state index is 0.00145. The number of aromatic nitrogens is 3. The number of likely N-dealkylation sites (tertiary alicyclic amines) is 1. The van der Waals surface area contributed by atoms with Gasteiger partial charge in [0, 0.05) is 54.0 Å². The standard InChI is InChI=1S/C29H25F7N6O5S/c1-2-41-25-15(10-37-27(39-25)38-18-8-17(30)12-40(13-18)28(44)45)7-20(26(41)43)19-9-21(31)24(23(33)22(19)32)42(48(46)47)11-14-4-3-5-16(6-14)29(34,35)36/h3-7,9-10,17-18H,2,8,11-13H2,1H3,(H,44,45)(H,46,47)(H,37,38,39)/p-1/t17-,18-/m0/s1. The Labute approximate surface area is 269 Å². The van der Waals surface area contributed by atoms with Crippen molar-refractivity contribution < 1.29 is 49.4 Å². The molecule has 0 saturated carbocycles. The molecule has 3 heterocycles. The van der Waals surface area contributed by atoms with Crippen LogP contribution in [-0.2, 0) is 30.5 Å². The summed E-state index contributed by atoms with van der Waals surface area (Å²) in [7, 11) is 0. The zero-order valence-electron chi connectivity index (χ0n) is 24.6. The van der Waals surface area contributed by atoms with E-state index in [4.69, 9.17) is 0 Å². The van der Waals surface area contributed by atoms with Crippen LogP contribution in [0.3, 0.4) is 0 Å². The minimum atomic E-state index is -4.80. The monoisotopic (exact) mass is 701 g/mol. The normalized spacial score (nSPS) is 17.4. The maximum atomic E-state index is 15.6. The highest BCUT2D eigenvalue weighted by atomic mass is 32.2. The first-order valence-electron chi connectivity index (χ1n) is 14.1. The fraction of sp³-hybridized carbons (Fsp3) is 0.310. The highest BCUT2D eigenvalue weighted by Crippen LogP contribution is 2.35. The third-order valence-corrected chi connectivity index (χ3v) is 8.25. The average molecular weight is 702 g/mol. The number of pyridine rings is 1. The molecule has 0 bridgehead atoms. The lowest BCUT2D eigenvalue weighted by molar-refractivity contribution is -0.137. The molecule has 0 spiro atoms. The van der Waals surface area contributed by atoms with Gasteiger partial charge in [0.1, 0.15) is 17.5 Å². The summed E-state index contributed by atoms with van der Waals surface area (Å²) in [6.07, 6.45) is -6.41. The molecule has 1 aliphatic heterocycles. The predicted molar refractivity (Wildman–Crippen MR) is 158 cm³/mol. The summed E-state index contributed by atoms with van der Waals surface area (Å²) in [6.45, 7) is 0.0916. The van der Waals surface area contributed by atoms with Crippen molar-refractivity contribution in [3.8, 4) is 11.1 Å². The lowest BCUT2D eigenvalue weighted by Gasteiger charge is -2.33. The molecule has 1 unspecified atom stereocenters. The van der Waals surface area contributed by atoms with E-state index in [-0.39, 0.29) is 52.9 Å². The summed E-state index contributed by atoms with van der Waals surface area (Å²) in [6, 6.07) is 4.06. The van der Waals surface area contributed by atoms with Gasteiger partial charge in [-0.25, -0.2) is 27.3 Å². The van der Waals surface area contributed by atoms with Crippen LogP contribution in [0, 0.1) is 17.5 Å². The summed E-state index contributed by atoms with van der Waals surface area (Å²) >= 11 is -3.49. The number of nitrogens with zero attached hydrogens (tertiary/aromatic N) is 5. The summed E-state index contributed by atoms with van der Waals surface area (Å²) in [5, 5.41) is 12.2. The van der Waals surface area contributed by atoms with Crippen molar-refractivity contribution in [2.24, 2.45) is 0 Å². The number of aryl methyl sites for hydroxylation is 1. The maximum Gasteiger partial charge on any atom is 0.416 e. The Morgan fingerprint density at radius 3 is 2.52 bits per heavy atom. The van der Waals surface area contributed by atoms with Crippen LogP contribution < -0.4 is 15.2 Å². The van der Waals surface area contributed by atoms with Gasteiger partial charge >= 0.3 is 12.3 Å². The first-order chi connectivity index (χ1) is 22.6. The zero-order chi connectivity index (χ0) is 35.1. The summed E-state index contributed by atoms with van der Waals surface area (Å²) < 4.78 is 125. The predicted octanol–water partition coefficient (Wildman–Crippen LogP) is 5.22. The molecule has 19 heteroatoms. The van der Waals surface area contributed by atoms with Crippen LogP contribution in [0.5, 0.6) is 0 Å². The van der Waals surface area contributed by atoms with Gasteiger partial charge < -0.3 is 19.9 Å². The van der Waals surface area contributed by atoms with Crippen LogP contribution in [0.4, 0.5) is 47.2 Å². The van der Waals surface area contributed by atoms with E-state index in [0.717, 1.165) is 27.7 Å². The Morgan fingerprint density at radius 2 is 1.88 bits per heavy atom. The van der Waals surface area contributed by atoms with E-state index in [1.54, 1.807) is 0 Å². The molecular formula is C29H24F7N6O5S-. The topological polar surface area (TPSA) is 144 Å². The Morgan fingerprint density at radius 1 is 1.15 bits per heavy atom. The van der Waals surface area contributed by atoms with E-state index in [9.17, 15) is 41.0 Å². The van der Waals surface area contributed by atoms with E-state index in [1.807, 2.05) is 0 Å². The fourth-order valence-corrected chi connectivity index (χ4v) is 5.99. The number of alkyl halides is 4. The molecule has 48 heavy (non-hydrogen) atoms. The van der Waals surface area contributed by atoms with E-state index in [1.165, 1.54) is 13.1 Å². The van der Waals surface area contributed by atoms with Crippen molar-refractivity contribution in [1.29, 1.82) is 0 Å². The lowest BCUT2D eigenvalue weighted by atomic mass is 10.0. The number of nitrogens with one attached hydrogen (secondary N) is 1. The molecule has 1 saturated heterocycles. The van der Waals surface area contributed by atoms with E-state index >= 15 is 13.2 Å². The average Bonchev–Trinajstić information content (AvgIpc) is 3.01. The van der Waals surface area contributed by atoms with Crippen LogP contribution in [-0.4, -0.2) is 64.7 Å². The van der Waals surface area contributed by atoms with E-state index in [0.29, 0.717) is 18.2 Å². The number of carbonyl (C=O) groups is 1. The molecule has 5 rings (SSSR count). The van der Waals surface area contributed by atoms with Crippen molar-refractivity contribution >= 4 is 40.0 Å². The van der Waals surface area contributed by atoms with Gasteiger partial charge in [-0.15, -0.1) is 0 Å². The van der Waals surface area contributed by atoms with Crippen LogP contribution in [0.15, 0.2) is 47.4 Å². The van der Waals surface area contributed by atoms with Gasteiger partial charge in [0.05, 0.1) is 24.2 Å². The highest BCUT2D eigenvalue weighted by Gasteiger charge is 2.32. The number of fused-ring (bicyclic) bond motifs is 1. The smallest absolute Gasteiger partial charge is 0.416 e. The third kappa shape index (κ3) is 6.91. The molecule has 11 nitrogen and oxygen atoms in total. The number of piperidine rings is 1. The number of hydrogen-bond donors (Lipinski definition) is 2. The second kappa shape index (κ2) is 13.4. The largest absolute Gasteiger partial charge is 0.755 e. The van der Waals surface area contributed by atoms with Gasteiger partial charge in [-0.05, 0) is 36.8 Å². The molecule has 3 atom stereocenters. The number of amides is 1. The Balaban J connectivity index is 1.52. The van der Waals surface area contributed by atoms with E-state index < -0.39 is 87.7 Å². The number of halogens is 7.